The number of nitrogens with one attached hydrogen (secondary N) is 1. The zero-order chi connectivity index (χ0) is 12.9. The number of alkyl halides is 3. The van der Waals surface area contributed by atoms with Gasteiger partial charge in [0.1, 0.15) is 12.4 Å². The maximum atomic E-state index is 11.7. The third-order valence-corrected chi connectivity index (χ3v) is 2.28. The van der Waals surface area contributed by atoms with E-state index in [9.17, 15) is 13.2 Å². The maximum absolute atomic E-state index is 11.7. The number of hydrogen-bond acceptors (Lipinski definition) is 4. The van der Waals surface area contributed by atoms with Gasteiger partial charge in [0.2, 0.25) is 5.28 Å². The second-order valence-electron chi connectivity index (χ2n) is 2.93. The van der Waals surface area contributed by atoms with Crippen molar-refractivity contribution in [2.45, 2.75) is 6.18 Å². The van der Waals surface area contributed by atoms with Crippen molar-refractivity contribution >= 4 is 33.3 Å². The molecular weight excluding hydrogens is 326 g/mol. The van der Waals surface area contributed by atoms with Crippen LogP contribution in [0, 0.1) is 0 Å². The third kappa shape index (κ3) is 6.04. The molecule has 0 atom stereocenters. The number of halogens is 5. The van der Waals surface area contributed by atoms with Crippen LogP contribution in [0.2, 0.25) is 5.28 Å². The van der Waals surface area contributed by atoms with Crippen molar-refractivity contribution in [1.29, 1.82) is 0 Å². The number of hydrogen-bond donors (Lipinski definition) is 1. The van der Waals surface area contributed by atoms with Gasteiger partial charge in [-0.05, 0) is 27.5 Å². The minimum Gasteiger partial charge on any atom is -0.370 e. The highest BCUT2D eigenvalue weighted by Crippen LogP contribution is 2.19. The van der Waals surface area contributed by atoms with Gasteiger partial charge in [-0.25, -0.2) is 4.98 Å². The van der Waals surface area contributed by atoms with Crippen molar-refractivity contribution in [3.05, 3.63) is 16.0 Å². The number of aromatic nitrogens is 2. The minimum atomic E-state index is -4.31. The van der Waals surface area contributed by atoms with Gasteiger partial charge in [0.15, 0.2) is 0 Å². The van der Waals surface area contributed by atoms with E-state index in [1.807, 2.05) is 0 Å². The first-order valence-electron chi connectivity index (χ1n) is 4.45. The van der Waals surface area contributed by atoms with Crippen LogP contribution in [0.4, 0.5) is 19.0 Å². The van der Waals surface area contributed by atoms with Gasteiger partial charge in [0, 0.05) is 12.7 Å². The monoisotopic (exact) mass is 333 g/mol. The fourth-order valence-corrected chi connectivity index (χ4v) is 1.36. The van der Waals surface area contributed by atoms with E-state index in [1.165, 1.54) is 6.20 Å². The second kappa shape index (κ2) is 6.36. The highest BCUT2D eigenvalue weighted by atomic mass is 79.9. The normalized spacial score (nSPS) is 11.6. The molecule has 1 rings (SSSR count). The van der Waals surface area contributed by atoms with E-state index in [1.54, 1.807) is 0 Å². The van der Waals surface area contributed by atoms with E-state index in [2.05, 4.69) is 36.0 Å². The van der Waals surface area contributed by atoms with Crippen molar-refractivity contribution in [1.82, 2.24) is 9.97 Å². The number of rotatable bonds is 5. The molecule has 1 aromatic heterocycles. The molecule has 9 heteroatoms. The summed E-state index contributed by atoms with van der Waals surface area (Å²) in [5.74, 6) is 0.403. The van der Waals surface area contributed by atoms with Gasteiger partial charge in [-0.3, -0.25) is 0 Å². The number of anilines is 1. The summed E-state index contributed by atoms with van der Waals surface area (Å²) in [5, 5.41) is 2.81. The first-order valence-corrected chi connectivity index (χ1v) is 5.62. The molecule has 0 amide bonds. The van der Waals surface area contributed by atoms with Crippen LogP contribution in [-0.4, -0.2) is 35.9 Å². The van der Waals surface area contributed by atoms with Crippen LogP contribution in [-0.2, 0) is 4.74 Å². The standard InChI is InChI=1S/C8H8BrClF3N3O/c9-5-3-15-7(10)16-6(5)14-1-2-17-4-8(11,12)13/h3H,1-2,4H2,(H,14,15,16). The van der Waals surface area contributed by atoms with Crippen molar-refractivity contribution in [2.24, 2.45) is 0 Å². The second-order valence-corrected chi connectivity index (χ2v) is 4.12. The van der Waals surface area contributed by atoms with Crippen LogP contribution in [0.15, 0.2) is 10.7 Å². The van der Waals surface area contributed by atoms with E-state index in [0.717, 1.165) is 0 Å². The lowest BCUT2D eigenvalue weighted by atomic mass is 10.5. The van der Waals surface area contributed by atoms with Gasteiger partial charge >= 0.3 is 6.18 Å². The molecule has 0 fully saturated rings. The molecule has 4 nitrogen and oxygen atoms in total. The SMILES string of the molecule is FC(F)(F)COCCNc1nc(Cl)ncc1Br. The van der Waals surface area contributed by atoms with Crippen molar-refractivity contribution < 1.29 is 17.9 Å². The Labute approximate surface area is 109 Å². The van der Waals surface area contributed by atoms with Gasteiger partial charge in [-0.1, -0.05) is 0 Å². The molecule has 0 aliphatic heterocycles. The summed E-state index contributed by atoms with van der Waals surface area (Å²) in [5.41, 5.74) is 0. The fraction of sp³-hybridized carbons (Fsp3) is 0.500. The molecule has 0 saturated heterocycles. The molecule has 17 heavy (non-hydrogen) atoms. The number of ether oxygens (including phenoxy) is 1. The molecule has 0 radical (unpaired) electrons. The van der Waals surface area contributed by atoms with E-state index in [4.69, 9.17) is 11.6 Å². The zero-order valence-corrected chi connectivity index (χ0v) is 10.7. The van der Waals surface area contributed by atoms with Gasteiger partial charge < -0.3 is 10.1 Å². The third-order valence-electron chi connectivity index (χ3n) is 1.52. The van der Waals surface area contributed by atoms with Gasteiger partial charge in [0.05, 0.1) is 11.1 Å². The largest absolute Gasteiger partial charge is 0.411 e. The van der Waals surface area contributed by atoms with Crippen LogP contribution in [0.1, 0.15) is 0 Å². The van der Waals surface area contributed by atoms with Crippen LogP contribution >= 0.6 is 27.5 Å². The lowest BCUT2D eigenvalue weighted by Gasteiger charge is -2.09. The molecule has 1 heterocycles. The van der Waals surface area contributed by atoms with Crippen molar-refractivity contribution in [3.8, 4) is 0 Å². The summed E-state index contributed by atoms with van der Waals surface area (Å²) in [6.45, 7) is -1.17. The first kappa shape index (κ1) is 14.5. The summed E-state index contributed by atoms with van der Waals surface area (Å²) in [6, 6.07) is 0. The van der Waals surface area contributed by atoms with Crippen molar-refractivity contribution in [3.63, 3.8) is 0 Å². The molecule has 0 aromatic carbocycles. The summed E-state index contributed by atoms with van der Waals surface area (Å²) < 4.78 is 40.2. The molecule has 0 spiro atoms. The molecule has 96 valence electrons. The quantitative estimate of drug-likeness (QED) is 0.664. The maximum Gasteiger partial charge on any atom is 0.411 e. The van der Waals surface area contributed by atoms with Crippen LogP contribution in [0.5, 0.6) is 0 Å². The lowest BCUT2D eigenvalue weighted by Crippen LogP contribution is -2.20. The first-order chi connectivity index (χ1) is 7.88. The minimum absolute atomic E-state index is 0.0481. The average Bonchev–Trinajstić information content (AvgIpc) is 2.21. The van der Waals surface area contributed by atoms with Gasteiger partial charge in [0.25, 0.3) is 0 Å². The Morgan fingerprint density at radius 3 is 2.82 bits per heavy atom. The zero-order valence-electron chi connectivity index (χ0n) is 8.39. The summed E-state index contributed by atoms with van der Waals surface area (Å²) in [7, 11) is 0. The van der Waals surface area contributed by atoms with E-state index < -0.39 is 12.8 Å². The molecular formula is C8H8BrClF3N3O. The molecule has 1 N–H and O–H groups in total. The summed E-state index contributed by atoms with van der Waals surface area (Å²) >= 11 is 8.72. The van der Waals surface area contributed by atoms with Gasteiger partial charge in [-0.15, -0.1) is 0 Å². The lowest BCUT2D eigenvalue weighted by molar-refractivity contribution is -0.172. The Balaban J connectivity index is 2.29. The predicted molar refractivity (Wildman–Crippen MR) is 60.1 cm³/mol. The Morgan fingerprint density at radius 1 is 1.47 bits per heavy atom. The topological polar surface area (TPSA) is 47.0 Å². The van der Waals surface area contributed by atoms with Crippen LogP contribution < -0.4 is 5.32 Å². The summed E-state index contributed by atoms with van der Waals surface area (Å²) in [6.07, 6.45) is -2.87. The van der Waals surface area contributed by atoms with E-state index in [-0.39, 0.29) is 18.4 Å². The van der Waals surface area contributed by atoms with Crippen LogP contribution in [0.25, 0.3) is 0 Å². The predicted octanol–water partition coefficient (Wildman–Crippen LogP) is 2.88. The molecule has 1 aromatic rings. The van der Waals surface area contributed by atoms with E-state index >= 15 is 0 Å². The summed E-state index contributed by atoms with van der Waals surface area (Å²) in [4.78, 5) is 7.54. The Hall–Kier alpha value is -0.600. The molecule has 0 aliphatic rings. The molecule has 0 saturated carbocycles. The van der Waals surface area contributed by atoms with Crippen LogP contribution in [0.3, 0.4) is 0 Å². The highest BCUT2D eigenvalue weighted by Gasteiger charge is 2.27. The van der Waals surface area contributed by atoms with Gasteiger partial charge in [-0.2, -0.15) is 18.2 Å². The fourth-order valence-electron chi connectivity index (χ4n) is 0.899. The average molecular weight is 335 g/mol. The van der Waals surface area contributed by atoms with Crippen molar-refractivity contribution in [2.75, 3.05) is 25.1 Å². The molecule has 0 aliphatic carbocycles. The number of nitrogens with zero attached hydrogens (tertiary/aromatic N) is 2. The smallest absolute Gasteiger partial charge is 0.370 e. The molecule has 0 unspecified atom stereocenters. The Kier molecular flexibility index (Phi) is 5.41. The Bertz CT molecular complexity index is 378. The van der Waals surface area contributed by atoms with E-state index in [0.29, 0.717) is 10.3 Å². The highest BCUT2D eigenvalue weighted by molar-refractivity contribution is 9.10. The molecule has 0 bridgehead atoms. The Morgan fingerprint density at radius 2 is 2.18 bits per heavy atom.